The van der Waals surface area contributed by atoms with Crippen molar-refractivity contribution in [2.45, 2.75) is 39.4 Å². The molecular weight excluding hydrogens is 328 g/mol. The number of rotatable bonds is 11. The van der Waals surface area contributed by atoms with E-state index >= 15 is 0 Å². The molecule has 0 fully saturated rings. The van der Waals surface area contributed by atoms with Gasteiger partial charge in [-0.05, 0) is 30.9 Å². The third kappa shape index (κ3) is 9.75. The molecule has 0 saturated carbocycles. The average Bonchev–Trinajstić information content (AvgIpc) is 2.60. The van der Waals surface area contributed by atoms with Gasteiger partial charge in [-0.2, -0.15) is 0 Å². The largest absolute Gasteiger partial charge is 0.460 e. The van der Waals surface area contributed by atoms with Gasteiger partial charge >= 0.3 is 5.97 Å². The number of amides is 1. The first-order valence-electron chi connectivity index (χ1n) is 7.90. The fourth-order valence-electron chi connectivity index (χ4n) is 1.96. The number of allylic oxidation sites excluding steroid dienone is 2. The molecule has 0 bridgehead atoms. The lowest BCUT2D eigenvalue weighted by atomic mass is 10.1. The highest BCUT2D eigenvalue weighted by molar-refractivity contribution is 5.81. The van der Waals surface area contributed by atoms with Gasteiger partial charge < -0.3 is 14.9 Å². The highest BCUT2D eigenvalue weighted by Crippen LogP contribution is 2.08. The number of benzene rings is 1. The van der Waals surface area contributed by atoms with E-state index in [2.05, 4.69) is 10.2 Å². The number of esters is 1. The summed E-state index contributed by atoms with van der Waals surface area (Å²) in [7, 11) is 0. The lowest BCUT2D eigenvalue weighted by molar-refractivity contribution is -0.763. The van der Waals surface area contributed by atoms with E-state index < -0.39 is 11.1 Å². The highest BCUT2D eigenvalue weighted by atomic mass is 16.9. The summed E-state index contributed by atoms with van der Waals surface area (Å²) in [5.74, 6) is -0.742. The van der Waals surface area contributed by atoms with Gasteiger partial charge in [0.05, 0.1) is 0 Å². The van der Waals surface area contributed by atoms with Crippen LogP contribution in [0.3, 0.4) is 0 Å². The quantitative estimate of drug-likeness (QED) is 0.216. The van der Waals surface area contributed by atoms with Crippen molar-refractivity contribution in [1.82, 2.24) is 5.32 Å². The molecule has 1 aromatic rings. The van der Waals surface area contributed by atoms with Gasteiger partial charge in [0.2, 0.25) is 5.91 Å². The molecule has 8 heteroatoms. The Hall–Kier alpha value is -2.90. The van der Waals surface area contributed by atoms with Gasteiger partial charge in [-0.3, -0.25) is 9.59 Å². The van der Waals surface area contributed by atoms with E-state index in [0.29, 0.717) is 17.5 Å². The van der Waals surface area contributed by atoms with Crippen LogP contribution in [0.4, 0.5) is 0 Å². The van der Waals surface area contributed by atoms with Crippen molar-refractivity contribution in [2.24, 2.45) is 0 Å². The Bertz CT molecular complexity index is 615. The number of carbonyl (C=O) groups excluding carboxylic acids is 2. The normalized spacial score (nSPS) is 10.4. The molecule has 0 atom stereocenters. The van der Waals surface area contributed by atoms with Gasteiger partial charge in [0.1, 0.15) is 19.8 Å². The van der Waals surface area contributed by atoms with Crippen molar-refractivity contribution in [3.63, 3.8) is 0 Å². The molecule has 25 heavy (non-hydrogen) atoms. The minimum atomic E-state index is -0.867. The summed E-state index contributed by atoms with van der Waals surface area (Å²) >= 11 is 0. The van der Waals surface area contributed by atoms with E-state index in [9.17, 15) is 19.7 Å². The summed E-state index contributed by atoms with van der Waals surface area (Å²) in [5, 5.41) is 11.8. The molecule has 0 aromatic heterocycles. The summed E-state index contributed by atoms with van der Waals surface area (Å²) in [5.41, 5.74) is 1.27. The van der Waals surface area contributed by atoms with E-state index in [-0.39, 0.29) is 25.7 Å². The van der Waals surface area contributed by atoms with Crippen molar-refractivity contribution >= 4 is 11.9 Å². The van der Waals surface area contributed by atoms with Gasteiger partial charge in [-0.1, -0.05) is 36.4 Å². The van der Waals surface area contributed by atoms with Crippen LogP contribution in [0.1, 0.15) is 37.3 Å². The zero-order valence-corrected chi connectivity index (χ0v) is 14.1. The average molecular weight is 350 g/mol. The Labute approximate surface area is 145 Å². The van der Waals surface area contributed by atoms with Crippen molar-refractivity contribution < 1.29 is 24.3 Å². The molecule has 1 aromatic carbocycles. The minimum absolute atomic E-state index is 0.0162. The van der Waals surface area contributed by atoms with Crippen LogP contribution in [0.25, 0.3) is 0 Å². The van der Waals surface area contributed by atoms with E-state index in [4.69, 9.17) is 4.74 Å². The smallest absolute Gasteiger partial charge is 0.325 e. The first-order chi connectivity index (χ1) is 12.0. The number of unbranched alkanes of at least 4 members (excludes halogenated alkanes) is 1. The predicted octanol–water partition coefficient (Wildman–Crippen LogP) is 2.30. The third-order valence-electron chi connectivity index (χ3n) is 3.17. The summed E-state index contributed by atoms with van der Waals surface area (Å²) < 4.78 is 5.06. The Morgan fingerprint density at radius 2 is 2.00 bits per heavy atom. The number of ether oxygens (including phenoxy) is 1. The Kier molecular flexibility index (Phi) is 9.35. The standard InChI is InChI=1S/C17H22N2O6/c1-2-3-4-5-9-16(20)18-11-17(21)24-12-14-7-6-8-15(10-14)13-25-19(22)23/h2-3,6-8,10H,4-5,9,11-13H2,1H3,(H,18,20)/b3-2-. The van der Waals surface area contributed by atoms with Gasteiger partial charge in [-0.15, -0.1) is 10.1 Å². The lowest BCUT2D eigenvalue weighted by Crippen LogP contribution is -2.30. The topological polar surface area (TPSA) is 108 Å². The van der Waals surface area contributed by atoms with Crippen molar-refractivity contribution in [1.29, 1.82) is 0 Å². The number of hydrogen-bond acceptors (Lipinski definition) is 6. The molecule has 0 heterocycles. The predicted molar refractivity (Wildman–Crippen MR) is 89.7 cm³/mol. The Balaban J connectivity index is 2.28. The van der Waals surface area contributed by atoms with Crippen LogP contribution in [0, 0.1) is 10.1 Å². The van der Waals surface area contributed by atoms with Gasteiger partial charge in [0.15, 0.2) is 0 Å². The Morgan fingerprint density at radius 3 is 2.68 bits per heavy atom. The Morgan fingerprint density at radius 1 is 1.28 bits per heavy atom. The fourth-order valence-corrected chi connectivity index (χ4v) is 1.96. The van der Waals surface area contributed by atoms with E-state index in [1.807, 2.05) is 19.1 Å². The summed E-state index contributed by atoms with van der Waals surface area (Å²) in [4.78, 5) is 37.6. The lowest BCUT2D eigenvalue weighted by Gasteiger charge is -2.08. The molecule has 0 aliphatic heterocycles. The second-order valence-corrected chi connectivity index (χ2v) is 5.22. The molecule has 0 aliphatic carbocycles. The second kappa shape index (κ2) is 11.6. The molecule has 1 N–H and O–H groups in total. The zero-order valence-electron chi connectivity index (χ0n) is 14.1. The first kappa shape index (κ1) is 20.1. The fraction of sp³-hybridized carbons (Fsp3) is 0.412. The van der Waals surface area contributed by atoms with Crippen LogP contribution < -0.4 is 5.32 Å². The van der Waals surface area contributed by atoms with Gasteiger partial charge in [0, 0.05) is 6.42 Å². The molecule has 1 amide bonds. The maximum Gasteiger partial charge on any atom is 0.325 e. The summed E-state index contributed by atoms with van der Waals surface area (Å²) in [6.07, 6.45) is 5.81. The third-order valence-corrected chi connectivity index (χ3v) is 3.17. The molecule has 0 saturated heterocycles. The molecule has 1 rings (SSSR count). The van der Waals surface area contributed by atoms with Crippen LogP contribution in [-0.2, 0) is 32.4 Å². The van der Waals surface area contributed by atoms with Gasteiger partial charge in [0.25, 0.3) is 5.09 Å². The van der Waals surface area contributed by atoms with Crippen LogP contribution in [0.5, 0.6) is 0 Å². The van der Waals surface area contributed by atoms with Crippen LogP contribution in [0.15, 0.2) is 36.4 Å². The van der Waals surface area contributed by atoms with E-state index in [0.717, 1.165) is 12.8 Å². The maximum atomic E-state index is 11.6. The van der Waals surface area contributed by atoms with E-state index in [1.54, 1.807) is 24.3 Å². The van der Waals surface area contributed by atoms with Crippen molar-refractivity contribution in [2.75, 3.05) is 6.54 Å². The van der Waals surface area contributed by atoms with Gasteiger partial charge in [-0.25, -0.2) is 0 Å². The number of nitrogens with one attached hydrogen (secondary N) is 1. The molecule has 0 aliphatic rings. The molecule has 0 spiro atoms. The maximum absolute atomic E-state index is 11.6. The second-order valence-electron chi connectivity index (χ2n) is 5.22. The van der Waals surface area contributed by atoms with Crippen molar-refractivity contribution in [3.05, 3.63) is 57.7 Å². The zero-order chi connectivity index (χ0) is 18.5. The molecule has 8 nitrogen and oxygen atoms in total. The summed E-state index contributed by atoms with van der Waals surface area (Å²) in [6.45, 7) is 1.58. The SMILES string of the molecule is C/C=C\CCCC(=O)NCC(=O)OCc1cccc(CO[N+](=O)[O-])c1. The monoisotopic (exact) mass is 350 g/mol. The van der Waals surface area contributed by atoms with E-state index in [1.165, 1.54) is 0 Å². The molecule has 136 valence electrons. The minimum Gasteiger partial charge on any atom is -0.460 e. The molecule has 0 radical (unpaired) electrons. The molecule has 0 unspecified atom stereocenters. The first-order valence-corrected chi connectivity index (χ1v) is 7.90. The number of carbonyl (C=O) groups is 2. The van der Waals surface area contributed by atoms with Crippen LogP contribution in [0.2, 0.25) is 0 Å². The highest BCUT2D eigenvalue weighted by Gasteiger charge is 2.07. The molecular formula is C17H22N2O6. The van der Waals surface area contributed by atoms with Crippen LogP contribution in [-0.4, -0.2) is 23.5 Å². The number of hydrogen-bond donors (Lipinski definition) is 1. The number of nitrogens with zero attached hydrogens (tertiary/aromatic N) is 1. The van der Waals surface area contributed by atoms with Crippen molar-refractivity contribution in [3.8, 4) is 0 Å². The van der Waals surface area contributed by atoms with Crippen LogP contribution >= 0.6 is 0 Å². The summed E-state index contributed by atoms with van der Waals surface area (Å²) in [6, 6.07) is 6.73.